The lowest BCUT2D eigenvalue weighted by Gasteiger charge is -2.19. The predicted molar refractivity (Wildman–Crippen MR) is 103 cm³/mol. The smallest absolute Gasteiger partial charge is 0.258 e. The summed E-state index contributed by atoms with van der Waals surface area (Å²) in [5.74, 6) is -0.0456. The Hall–Kier alpha value is -2.62. The van der Waals surface area contributed by atoms with Gasteiger partial charge in [0.1, 0.15) is 10.8 Å². The number of amides is 2. The van der Waals surface area contributed by atoms with Gasteiger partial charge in [0.15, 0.2) is 0 Å². The molecular weight excluding hydrogens is 380 g/mol. The summed E-state index contributed by atoms with van der Waals surface area (Å²) in [6, 6.07) is 0. The SMILES string of the molecule is CCCc1nnc(N2CC(C(=O)N3Cc4nc(C)n(C)c(=O)c4C3)CC2=O)s1. The molecule has 1 fully saturated rings. The van der Waals surface area contributed by atoms with Crippen LogP contribution in [0, 0.1) is 12.8 Å². The second kappa shape index (κ2) is 7.08. The quantitative estimate of drug-likeness (QED) is 0.749. The molecule has 28 heavy (non-hydrogen) atoms. The molecule has 0 spiro atoms. The molecular formula is C18H22N6O3S. The molecule has 10 heteroatoms. The minimum absolute atomic E-state index is 0.112. The second-order valence-corrected chi connectivity index (χ2v) is 8.32. The Morgan fingerprint density at radius 1 is 1.25 bits per heavy atom. The highest BCUT2D eigenvalue weighted by Gasteiger charge is 2.40. The van der Waals surface area contributed by atoms with Crippen molar-refractivity contribution in [2.75, 3.05) is 11.4 Å². The van der Waals surface area contributed by atoms with Gasteiger partial charge in [-0.05, 0) is 13.3 Å². The number of hydrogen-bond acceptors (Lipinski definition) is 7. The van der Waals surface area contributed by atoms with Crippen molar-refractivity contribution in [1.29, 1.82) is 0 Å². The highest BCUT2D eigenvalue weighted by atomic mass is 32.1. The van der Waals surface area contributed by atoms with Crippen LogP contribution >= 0.6 is 11.3 Å². The summed E-state index contributed by atoms with van der Waals surface area (Å²) in [7, 11) is 1.68. The van der Waals surface area contributed by atoms with Gasteiger partial charge in [0, 0.05) is 26.4 Å². The van der Waals surface area contributed by atoms with Crippen LogP contribution in [0.1, 0.15) is 41.9 Å². The molecule has 1 unspecified atom stereocenters. The van der Waals surface area contributed by atoms with E-state index < -0.39 is 5.92 Å². The number of carbonyl (C=O) groups excluding carboxylic acids is 2. The molecule has 2 aromatic rings. The normalized spacial score (nSPS) is 18.8. The summed E-state index contributed by atoms with van der Waals surface area (Å²) < 4.78 is 1.50. The summed E-state index contributed by atoms with van der Waals surface area (Å²) in [5.41, 5.74) is 1.11. The molecule has 1 saturated heterocycles. The summed E-state index contributed by atoms with van der Waals surface area (Å²) >= 11 is 1.40. The topological polar surface area (TPSA) is 101 Å². The fourth-order valence-electron chi connectivity index (χ4n) is 3.67. The lowest BCUT2D eigenvalue weighted by Crippen LogP contribution is -2.34. The second-order valence-electron chi connectivity index (χ2n) is 7.28. The Kier molecular flexibility index (Phi) is 4.74. The maximum absolute atomic E-state index is 13.0. The molecule has 1 atom stereocenters. The van der Waals surface area contributed by atoms with Crippen LogP contribution < -0.4 is 10.5 Å². The van der Waals surface area contributed by atoms with Crippen LogP contribution in [0.25, 0.3) is 0 Å². The van der Waals surface area contributed by atoms with Gasteiger partial charge in [0.05, 0.1) is 30.3 Å². The van der Waals surface area contributed by atoms with Crippen molar-refractivity contribution in [1.82, 2.24) is 24.6 Å². The molecule has 2 amide bonds. The number of hydrogen-bond donors (Lipinski definition) is 0. The van der Waals surface area contributed by atoms with Gasteiger partial charge in [0.2, 0.25) is 16.9 Å². The van der Waals surface area contributed by atoms with Crippen LogP contribution in [0.15, 0.2) is 4.79 Å². The molecule has 2 aromatic heterocycles. The molecule has 0 radical (unpaired) electrons. The van der Waals surface area contributed by atoms with Gasteiger partial charge >= 0.3 is 0 Å². The molecule has 0 saturated carbocycles. The Bertz CT molecular complexity index is 1010. The highest BCUT2D eigenvalue weighted by Crippen LogP contribution is 2.30. The van der Waals surface area contributed by atoms with E-state index in [1.165, 1.54) is 15.9 Å². The fourth-order valence-corrected chi connectivity index (χ4v) is 4.64. The monoisotopic (exact) mass is 402 g/mol. The third-order valence-corrected chi connectivity index (χ3v) is 6.33. The van der Waals surface area contributed by atoms with E-state index in [9.17, 15) is 14.4 Å². The van der Waals surface area contributed by atoms with Crippen LogP contribution in [-0.4, -0.2) is 43.0 Å². The van der Waals surface area contributed by atoms with E-state index in [2.05, 4.69) is 22.1 Å². The number of fused-ring (bicyclic) bond motifs is 1. The third kappa shape index (κ3) is 3.11. The molecule has 2 aliphatic heterocycles. The standard InChI is InChI=1S/C18H22N6O3S/c1-4-5-14-20-21-18(28-14)24-7-11(6-15(24)25)16(26)23-8-12-13(9-23)19-10(2)22(3)17(12)27/h11H,4-9H2,1-3H3. The Morgan fingerprint density at radius 3 is 2.79 bits per heavy atom. The van der Waals surface area contributed by atoms with E-state index in [-0.39, 0.29) is 30.3 Å². The molecule has 148 valence electrons. The summed E-state index contributed by atoms with van der Waals surface area (Å²) in [6.45, 7) is 4.70. The van der Waals surface area contributed by atoms with Gasteiger partial charge in [-0.15, -0.1) is 10.2 Å². The van der Waals surface area contributed by atoms with Gasteiger partial charge in [-0.2, -0.15) is 0 Å². The number of rotatable bonds is 4. The minimum Gasteiger partial charge on any atom is -0.332 e. The summed E-state index contributed by atoms with van der Waals surface area (Å²) in [6.07, 6.45) is 1.94. The van der Waals surface area contributed by atoms with Crippen molar-refractivity contribution in [2.45, 2.75) is 46.2 Å². The zero-order valence-electron chi connectivity index (χ0n) is 16.1. The molecule has 4 rings (SSSR count). The summed E-state index contributed by atoms with van der Waals surface area (Å²) in [5, 5.41) is 9.69. The number of aromatic nitrogens is 4. The van der Waals surface area contributed by atoms with Gasteiger partial charge in [-0.1, -0.05) is 18.3 Å². The third-order valence-electron chi connectivity index (χ3n) is 5.32. The number of nitrogens with zero attached hydrogens (tertiary/aromatic N) is 6. The van der Waals surface area contributed by atoms with Crippen molar-refractivity contribution in [3.05, 3.63) is 32.4 Å². The molecule has 2 aliphatic rings. The van der Waals surface area contributed by atoms with Crippen molar-refractivity contribution < 1.29 is 9.59 Å². The largest absolute Gasteiger partial charge is 0.332 e. The zero-order valence-corrected chi connectivity index (χ0v) is 17.0. The van der Waals surface area contributed by atoms with Gasteiger partial charge < -0.3 is 4.90 Å². The lowest BCUT2D eigenvalue weighted by molar-refractivity contribution is -0.136. The van der Waals surface area contributed by atoms with Crippen LogP contribution in [0.4, 0.5) is 5.13 Å². The zero-order chi connectivity index (χ0) is 20.0. The average Bonchev–Trinajstić information content (AvgIpc) is 3.38. The molecule has 0 aliphatic carbocycles. The average molecular weight is 402 g/mol. The maximum atomic E-state index is 13.0. The number of anilines is 1. The first-order valence-electron chi connectivity index (χ1n) is 9.36. The van der Waals surface area contributed by atoms with Crippen molar-refractivity contribution in [3.8, 4) is 0 Å². The van der Waals surface area contributed by atoms with E-state index >= 15 is 0 Å². The number of aryl methyl sites for hydroxylation is 2. The Labute approximate surface area is 166 Å². The molecule has 0 aromatic carbocycles. The highest BCUT2D eigenvalue weighted by molar-refractivity contribution is 7.15. The first-order valence-corrected chi connectivity index (χ1v) is 10.2. The minimum atomic E-state index is -0.440. The molecule has 4 heterocycles. The van der Waals surface area contributed by atoms with E-state index in [0.717, 1.165) is 17.8 Å². The van der Waals surface area contributed by atoms with Crippen molar-refractivity contribution in [2.24, 2.45) is 13.0 Å². The maximum Gasteiger partial charge on any atom is 0.258 e. The first kappa shape index (κ1) is 18.7. The molecule has 9 nitrogen and oxygen atoms in total. The van der Waals surface area contributed by atoms with Gasteiger partial charge in [0.25, 0.3) is 5.56 Å². The lowest BCUT2D eigenvalue weighted by atomic mass is 10.1. The van der Waals surface area contributed by atoms with Crippen molar-refractivity contribution in [3.63, 3.8) is 0 Å². The Balaban J connectivity index is 1.48. The van der Waals surface area contributed by atoms with Crippen LogP contribution in [0.3, 0.4) is 0 Å². The van der Waals surface area contributed by atoms with Crippen molar-refractivity contribution >= 4 is 28.3 Å². The van der Waals surface area contributed by atoms with E-state index in [1.54, 1.807) is 23.8 Å². The first-order chi connectivity index (χ1) is 13.4. The molecule has 0 bridgehead atoms. The van der Waals surface area contributed by atoms with E-state index in [1.807, 2.05) is 0 Å². The predicted octanol–water partition coefficient (Wildman–Crippen LogP) is 0.788. The molecule has 0 N–H and O–H groups in total. The van der Waals surface area contributed by atoms with Gasteiger partial charge in [-0.3, -0.25) is 23.9 Å². The van der Waals surface area contributed by atoms with Gasteiger partial charge in [-0.25, -0.2) is 4.98 Å². The van der Waals surface area contributed by atoms with Crippen LogP contribution in [0.5, 0.6) is 0 Å². The van der Waals surface area contributed by atoms with Crippen LogP contribution in [-0.2, 0) is 36.1 Å². The van der Waals surface area contributed by atoms with E-state index in [0.29, 0.717) is 35.3 Å². The van der Waals surface area contributed by atoms with Crippen LogP contribution in [0.2, 0.25) is 0 Å². The summed E-state index contributed by atoms with van der Waals surface area (Å²) in [4.78, 5) is 45.5. The Morgan fingerprint density at radius 2 is 2.04 bits per heavy atom. The fraction of sp³-hybridized carbons (Fsp3) is 0.556. The van der Waals surface area contributed by atoms with E-state index in [4.69, 9.17) is 0 Å². The number of carbonyl (C=O) groups is 2.